The van der Waals surface area contributed by atoms with Gasteiger partial charge < -0.3 is 9.84 Å². The first-order valence-corrected chi connectivity index (χ1v) is 6.84. The number of benzene rings is 2. The number of rotatable bonds is 4. The van der Waals surface area contributed by atoms with Crippen molar-refractivity contribution >= 4 is 22.6 Å². The molecule has 0 aliphatic rings. The Hall–Kier alpha value is -1.07. The van der Waals surface area contributed by atoms with Crippen LogP contribution >= 0.6 is 22.6 Å². The van der Waals surface area contributed by atoms with E-state index in [9.17, 15) is 5.11 Å². The molecule has 0 aromatic heterocycles. The Morgan fingerprint density at radius 3 is 2.39 bits per heavy atom. The van der Waals surface area contributed by atoms with Crippen molar-refractivity contribution in [2.75, 3.05) is 7.11 Å². The summed E-state index contributed by atoms with van der Waals surface area (Å²) in [5, 5.41) is 10.2. The smallest absolute Gasteiger partial charge is 0.118 e. The minimum atomic E-state index is -0.466. The van der Waals surface area contributed by atoms with Crippen LogP contribution in [0.4, 0.5) is 0 Å². The molecule has 1 atom stereocenters. The Balaban J connectivity index is 2.11. The fourth-order valence-electron chi connectivity index (χ4n) is 1.84. The molecular formula is C15H15IO2. The molecule has 2 nitrogen and oxygen atoms in total. The van der Waals surface area contributed by atoms with Crippen molar-refractivity contribution < 1.29 is 9.84 Å². The number of hydrogen-bond acceptors (Lipinski definition) is 2. The van der Waals surface area contributed by atoms with Gasteiger partial charge in [0.05, 0.1) is 13.2 Å². The van der Waals surface area contributed by atoms with Gasteiger partial charge in [-0.2, -0.15) is 0 Å². The van der Waals surface area contributed by atoms with Crippen LogP contribution in [-0.4, -0.2) is 12.2 Å². The lowest BCUT2D eigenvalue weighted by atomic mass is 10.0. The fourth-order valence-corrected chi connectivity index (χ4v) is 2.59. The molecule has 1 unspecified atom stereocenters. The van der Waals surface area contributed by atoms with Gasteiger partial charge >= 0.3 is 0 Å². The molecule has 2 rings (SSSR count). The average molecular weight is 354 g/mol. The lowest BCUT2D eigenvalue weighted by Crippen LogP contribution is -2.03. The largest absolute Gasteiger partial charge is 0.497 e. The highest BCUT2D eigenvalue weighted by atomic mass is 127. The van der Waals surface area contributed by atoms with Crippen LogP contribution in [0.3, 0.4) is 0 Å². The summed E-state index contributed by atoms with van der Waals surface area (Å²) in [5.74, 6) is 0.836. The lowest BCUT2D eigenvalue weighted by Gasteiger charge is -2.13. The molecule has 3 heteroatoms. The van der Waals surface area contributed by atoms with Crippen molar-refractivity contribution in [3.63, 3.8) is 0 Å². The Labute approximate surface area is 121 Å². The van der Waals surface area contributed by atoms with E-state index in [0.717, 1.165) is 20.4 Å². The Bertz CT molecular complexity index is 508. The van der Waals surface area contributed by atoms with Crippen LogP contribution < -0.4 is 4.74 Å². The van der Waals surface area contributed by atoms with E-state index in [1.807, 2.05) is 48.5 Å². The van der Waals surface area contributed by atoms with Gasteiger partial charge in [0, 0.05) is 9.99 Å². The normalized spacial score (nSPS) is 12.2. The lowest BCUT2D eigenvalue weighted by molar-refractivity contribution is 0.177. The first kappa shape index (κ1) is 13.4. The first-order valence-electron chi connectivity index (χ1n) is 5.76. The van der Waals surface area contributed by atoms with Crippen molar-refractivity contribution in [2.24, 2.45) is 0 Å². The van der Waals surface area contributed by atoms with E-state index in [0.29, 0.717) is 6.42 Å². The van der Waals surface area contributed by atoms with Gasteiger partial charge in [-0.15, -0.1) is 0 Å². The second-order valence-electron chi connectivity index (χ2n) is 4.09. The second-order valence-corrected chi connectivity index (χ2v) is 5.25. The summed E-state index contributed by atoms with van der Waals surface area (Å²) in [6, 6.07) is 15.7. The van der Waals surface area contributed by atoms with Crippen LogP contribution in [0.1, 0.15) is 17.2 Å². The molecule has 2 aromatic rings. The molecular weight excluding hydrogens is 339 g/mol. The van der Waals surface area contributed by atoms with Gasteiger partial charge in [-0.25, -0.2) is 0 Å². The van der Waals surface area contributed by atoms with E-state index in [1.54, 1.807) is 7.11 Å². The van der Waals surface area contributed by atoms with E-state index in [2.05, 4.69) is 22.6 Å². The van der Waals surface area contributed by atoms with E-state index in [-0.39, 0.29) is 0 Å². The summed E-state index contributed by atoms with van der Waals surface area (Å²) in [6.07, 6.45) is 0.149. The Morgan fingerprint density at radius 1 is 1.11 bits per heavy atom. The third-order valence-electron chi connectivity index (χ3n) is 2.85. The van der Waals surface area contributed by atoms with Crippen molar-refractivity contribution in [3.05, 3.63) is 63.2 Å². The summed E-state index contributed by atoms with van der Waals surface area (Å²) in [6.45, 7) is 0. The maximum Gasteiger partial charge on any atom is 0.118 e. The van der Waals surface area contributed by atoms with Gasteiger partial charge in [-0.3, -0.25) is 0 Å². The Kier molecular flexibility index (Phi) is 4.60. The molecule has 0 fully saturated rings. The SMILES string of the molecule is COc1ccc(CC(O)c2ccccc2I)cc1. The highest BCUT2D eigenvalue weighted by Gasteiger charge is 2.11. The molecule has 1 N–H and O–H groups in total. The molecule has 0 amide bonds. The Morgan fingerprint density at radius 2 is 1.78 bits per heavy atom. The first-order chi connectivity index (χ1) is 8.70. The minimum Gasteiger partial charge on any atom is -0.497 e. The van der Waals surface area contributed by atoms with Gasteiger partial charge in [-0.05, 0) is 51.9 Å². The molecule has 2 aromatic carbocycles. The third-order valence-corrected chi connectivity index (χ3v) is 3.83. The molecule has 0 saturated carbocycles. The van der Waals surface area contributed by atoms with Gasteiger partial charge in [0.1, 0.15) is 5.75 Å². The molecule has 0 heterocycles. The fraction of sp³-hybridized carbons (Fsp3) is 0.200. The summed E-state index contributed by atoms with van der Waals surface area (Å²) < 4.78 is 6.21. The van der Waals surface area contributed by atoms with E-state index in [1.165, 1.54) is 0 Å². The van der Waals surface area contributed by atoms with Crippen molar-refractivity contribution in [1.29, 1.82) is 0 Å². The zero-order valence-corrected chi connectivity index (χ0v) is 12.3. The molecule has 0 aliphatic carbocycles. The van der Waals surface area contributed by atoms with Crippen LogP contribution in [-0.2, 0) is 6.42 Å². The number of ether oxygens (including phenoxy) is 1. The average Bonchev–Trinajstić information content (AvgIpc) is 2.40. The second kappa shape index (κ2) is 6.20. The zero-order valence-electron chi connectivity index (χ0n) is 10.1. The van der Waals surface area contributed by atoms with E-state index < -0.39 is 6.10 Å². The number of methoxy groups -OCH3 is 1. The highest BCUT2D eigenvalue weighted by Crippen LogP contribution is 2.23. The predicted octanol–water partition coefficient (Wildman–Crippen LogP) is 3.58. The molecule has 0 spiro atoms. The number of aliphatic hydroxyl groups excluding tert-OH is 1. The van der Waals surface area contributed by atoms with Crippen LogP contribution in [0.25, 0.3) is 0 Å². The van der Waals surface area contributed by atoms with Gasteiger partial charge in [0.25, 0.3) is 0 Å². The summed E-state index contributed by atoms with van der Waals surface area (Å²) in [7, 11) is 1.65. The minimum absolute atomic E-state index is 0.466. The van der Waals surface area contributed by atoms with Gasteiger partial charge in [-0.1, -0.05) is 30.3 Å². The van der Waals surface area contributed by atoms with Crippen molar-refractivity contribution in [2.45, 2.75) is 12.5 Å². The third kappa shape index (κ3) is 3.23. The topological polar surface area (TPSA) is 29.5 Å². The molecule has 0 bridgehead atoms. The van der Waals surface area contributed by atoms with E-state index in [4.69, 9.17) is 4.74 Å². The van der Waals surface area contributed by atoms with Crippen molar-refractivity contribution in [3.8, 4) is 5.75 Å². The number of halogens is 1. The van der Waals surface area contributed by atoms with Gasteiger partial charge in [0.2, 0.25) is 0 Å². The summed E-state index contributed by atoms with van der Waals surface area (Å²) in [4.78, 5) is 0. The summed E-state index contributed by atoms with van der Waals surface area (Å²) >= 11 is 2.25. The zero-order chi connectivity index (χ0) is 13.0. The monoisotopic (exact) mass is 354 g/mol. The van der Waals surface area contributed by atoms with Crippen LogP contribution in [0.15, 0.2) is 48.5 Å². The van der Waals surface area contributed by atoms with Crippen LogP contribution in [0.2, 0.25) is 0 Å². The van der Waals surface area contributed by atoms with Gasteiger partial charge in [0.15, 0.2) is 0 Å². The summed E-state index contributed by atoms with van der Waals surface area (Å²) in [5.41, 5.74) is 2.08. The van der Waals surface area contributed by atoms with Crippen LogP contribution in [0, 0.1) is 3.57 Å². The molecule has 18 heavy (non-hydrogen) atoms. The van der Waals surface area contributed by atoms with E-state index >= 15 is 0 Å². The standard InChI is InChI=1S/C15H15IO2/c1-18-12-8-6-11(7-9-12)10-15(17)13-4-2-3-5-14(13)16/h2-9,15,17H,10H2,1H3. The van der Waals surface area contributed by atoms with Crippen LogP contribution in [0.5, 0.6) is 5.75 Å². The quantitative estimate of drug-likeness (QED) is 0.851. The number of hydrogen-bond donors (Lipinski definition) is 1. The molecule has 0 saturated heterocycles. The maximum absolute atomic E-state index is 10.2. The maximum atomic E-state index is 10.2. The molecule has 0 radical (unpaired) electrons. The number of aliphatic hydroxyl groups is 1. The highest BCUT2D eigenvalue weighted by molar-refractivity contribution is 14.1. The molecule has 0 aliphatic heterocycles. The van der Waals surface area contributed by atoms with Crippen molar-refractivity contribution in [1.82, 2.24) is 0 Å². The molecule has 94 valence electrons. The predicted molar refractivity (Wildman–Crippen MR) is 80.8 cm³/mol.